The van der Waals surface area contributed by atoms with Gasteiger partial charge < -0.3 is 15.0 Å². The van der Waals surface area contributed by atoms with Gasteiger partial charge in [-0.1, -0.05) is 12.1 Å². The molecule has 2 aromatic carbocycles. The van der Waals surface area contributed by atoms with Crippen LogP contribution in [0.1, 0.15) is 5.56 Å². The van der Waals surface area contributed by atoms with E-state index in [1.54, 1.807) is 11.7 Å². The second-order valence-corrected chi connectivity index (χ2v) is 4.66. The van der Waals surface area contributed by atoms with E-state index in [9.17, 15) is 8.78 Å². The zero-order chi connectivity index (χ0) is 15.0. The molecule has 0 unspecified atom stereocenters. The Bertz CT molecular complexity index is 797. The molecule has 2 N–H and O–H groups in total. The van der Waals surface area contributed by atoms with E-state index in [-0.39, 0.29) is 11.5 Å². The molecule has 3 aromatic rings. The number of fused-ring (bicyclic) bond motifs is 1. The normalized spacial score (nSPS) is 11.0. The van der Waals surface area contributed by atoms with Crippen LogP contribution in [0.25, 0.3) is 11.0 Å². The standard InChI is InChI=1S/C15H13F2N3O/c1-21-11-4-2-9(3-5-11)8-20-13-7-10(16)6-12(17)14(13)19-15(20)18/h2-7H,8H2,1H3,(H2,18,19). The Labute approximate surface area is 119 Å². The van der Waals surface area contributed by atoms with Crippen LogP contribution in [0.4, 0.5) is 14.7 Å². The number of nitrogens with two attached hydrogens (primary N) is 1. The molecular weight excluding hydrogens is 276 g/mol. The highest BCUT2D eigenvalue weighted by molar-refractivity contribution is 5.79. The van der Waals surface area contributed by atoms with Crippen molar-refractivity contribution in [2.24, 2.45) is 0 Å². The highest BCUT2D eigenvalue weighted by Crippen LogP contribution is 2.23. The number of nitrogen functional groups attached to an aromatic ring is 1. The second kappa shape index (κ2) is 5.05. The number of hydrogen-bond donors (Lipinski definition) is 1. The Morgan fingerprint density at radius 1 is 1.19 bits per heavy atom. The molecule has 1 aromatic heterocycles. The van der Waals surface area contributed by atoms with Gasteiger partial charge in [-0.3, -0.25) is 0 Å². The third-order valence-electron chi connectivity index (χ3n) is 3.30. The van der Waals surface area contributed by atoms with Gasteiger partial charge in [0, 0.05) is 12.1 Å². The summed E-state index contributed by atoms with van der Waals surface area (Å²) in [5.74, 6) is -0.495. The summed E-state index contributed by atoms with van der Waals surface area (Å²) in [6.45, 7) is 0.370. The smallest absolute Gasteiger partial charge is 0.201 e. The number of rotatable bonds is 3. The van der Waals surface area contributed by atoms with Gasteiger partial charge in [0.05, 0.1) is 19.2 Å². The number of imidazole rings is 1. The Morgan fingerprint density at radius 3 is 2.57 bits per heavy atom. The average molecular weight is 289 g/mol. The molecule has 0 saturated heterocycles. The van der Waals surface area contributed by atoms with Crippen molar-refractivity contribution in [1.82, 2.24) is 9.55 Å². The fourth-order valence-corrected chi connectivity index (χ4v) is 2.25. The van der Waals surface area contributed by atoms with E-state index in [0.717, 1.165) is 17.4 Å². The number of hydrogen-bond acceptors (Lipinski definition) is 3. The molecule has 0 fully saturated rings. The van der Waals surface area contributed by atoms with Crippen LogP contribution in [0.15, 0.2) is 36.4 Å². The van der Waals surface area contributed by atoms with Crippen LogP contribution in [0, 0.1) is 11.6 Å². The lowest BCUT2D eigenvalue weighted by Gasteiger charge is -2.07. The molecule has 0 bridgehead atoms. The van der Waals surface area contributed by atoms with Crippen molar-refractivity contribution in [3.8, 4) is 5.75 Å². The number of aromatic nitrogens is 2. The fourth-order valence-electron chi connectivity index (χ4n) is 2.25. The van der Waals surface area contributed by atoms with Gasteiger partial charge in [-0.25, -0.2) is 13.8 Å². The summed E-state index contributed by atoms with van der Waals surface area (Å²) >= 11 is 0. The molecule has 4 nitrogen and oxygen atoms in total. The third-order valence-corrected chi connectivity index (χ3v) is 3.30. The lowest BCUT2D eigenvalue weighted by molar-refractivity contribution is 0.414. The molecule has 0 amide bonds. The molecule has 108 valence electrons. The van der Waals surface area contributed by atoms with Crippen molar-refractivity contribution >= 4 is 17.0 Å². The molecule has 0 spiro atoms. The van der Waals surface area contributed by atoms with Crippen LogP contribution in [0.3, 0.4) is 0 Å². The number of anilines is 1. The maximum absolute atomic E-state index is 13.7. The molecule has 21 heavy (non-hydrogen) atoms. The minimum atomic E-state index is -0.717. The van der Waals surface area contributed by atoms with Gasteiger partial charge in [-0.2, -0.15) is 0 Å². The molecule has 3 rings (SSSR count). The lowest BCUT2D eigenvalue weighted by atomic mass is 10.2. The van der Waals surface area contributed by atoms with Crippen molar-refractivity contribution < 1.29 is 13.5 Å². The predicted octanol–water partition coefficient (Wildman–Crippen LogP) is 2.95. The molecular formula is C15H13F2N3O. The van der Waals surface area contributed by atoms with Gasteiger partial charge in [0.2, 0.25) is 5.95 Å². The van der Waals surface area contributed by atoms with Gasteiger partial charge in [-0.15, -0.1) is 0 Å². The summed E-state index contributed by atoms with van der Waals surface area (Å²) in [5.41, 5.74) is 7.14. The van der Waals surface area contributed by atoms with E-state index >= 15 is 0 Å². The van der Waals surface area contributed by atoms with E-state index in [1.807, 2.05) is 24.3 Å². The molecule has 0 saturated carbocycles. The molecule has 0 radical (unpaired) electrons. The molecule has 0 atom stereocenters. The van der Waals surface area contributed by atoms with E-state index in [1.165, 1.54) is 6.07 Å². The van der Waals surface area contributed by atoms with E-state index in [0.29, 0.717) is 12.1 Å². The first kappa shape index (κ1) is 13.4. The molecule has 0 aliphatic carbocycles. The highest BCUT2D eigenvalue weighted by Gasteiger charge is 2.14. The van der Waals surface area contributed by atoms with Crippen LogP contribution >= 0.6 is 0 Å². The number of halogens is 2. The van der Waals surface area contributed by atoms with Crippen LogP contribution in [-0.4, -0.2) is 16.7 Å². The Kier molecular flexibility index (Phi) is 3.21. The molecule has 0 aliphatic rings. The quantitative estimate of drug-likeness (QED) is 0.806. The molecule has 6 heteroatoms. The number of methoxy groups -OCH3 is 1. The van der Waals surface area contributed by atoms with Crippen LogP contribution in [0.2, 0.25) is 0 Å². The van der Waals surface area contributed by atoms with E-state index in [4.69, 9.17) is 10.5 Å². The summed E-state index contributed by atoms with van der Waals surface area (Å²) in [5, 5.41) is 0. The zero-order valence-corrected chi connectivity index (χ0v) is 11.3. The Morgan fingerprint density at radius 2 is 1.90 bits per heavy atom. The first-order valence-electron chi connectivity index (χ1n) is 6.32. The van der Waals surface area contributed by atoms with E-state index < -0.39 is 11.6 Å². The topological polar surface area (TPSA) is 53.1 Å². The predicted molar refractivity (Wildman–Crippen MR) is 76.2 cm³/mol. The average Bonchev–Trinajstić information content (AvgIpc) is 2.77. The lowest BCUT2D eigenvalue weighted by Crippen LogP contribution is -2.04. The summed E-state index contributed by atoms with van der Waals surface area (Å²) in [6, 6.07) is 9.37. The zero-order valence-electron chi connectivity index (χ0n) is 11.3. The summed E-state index contributed by atoms with van der Waals surface area (Å²) in [6.07, 6.45) is 0. The van der Waals surface area contributed by atoms with Gasteiger partial charge in [0.1, 0.15) is 17.1 Å². The van der Waals surface area contributed by atoms with Gasteiger partial charge >= 0.3 is 0 Å². The Hall–Kier alpha value is -2.63. The SMILES string of the molecule is COc1ccc(Cn2c(N)nc3c(F)cc(F)cc32)cc1. The van der Waals surface area contributed by atoms with Crippen molar-refractivity contribution in [2.45, 2.75) is 6.54 Å². The second-order valence-electron chi connectivity index (χ2n) is 4.66. The van der Waals surface area contributed by atoms with E-state index in [2.05, 4.69) is 4.98 Å². The Balaban J connectivity index is 2.05. The summed E-state index contributed by atoms with van der Waals surface area (Å²) in [7, 11) is 1.59. The van der Waals surface area contributed by atoms with Crippen LogP contribution in [0.5, 0.6) is 5.75 Å². The minimum absolute atomic E-state index is 0.0717. The van der Waals surface area contributed by atoms with Gasteiger partial charge in [-0.05, 0) is 17.7 Å². The first-order valence-corrected chi connectivity index (χ1v) is 6.32. The minimum Gasteiger partial charge on any atom is -0.497 e. The van der Waals surface area contributed by atoms with Crippen molar-refractivity contribution in [3.05, 3.63) is 53.6 Å². The summed E-state index contributed by atoms with van der Waals surface area (Å²) < 4.78 is 33.7. The summed E-state index contributed by atoms with van der Waals surface area (Å²) in [4.78, 5) is 3.96. The highest BCUT2D eigenvalue weighted by atomic mass is 19.1. The van der Waals surface area contributed by atoms with Crippen molar-refractivity contribution in [3.63, 3.8) is 0 Å². The van der Waals surface area contributed by atoms with Crippen molar-refractivity contribution in [1.29, 1.82) is 0 Å². The number of benzene rings is 2. The fraction of sp³-hybridized carbons (Fsp3) is 0.133. The largest absolute Gasteiger partial charge is 0.497 e. The van der Waals surface area contributed by atoms with Crippen LogP contribution < -0.4 is 10.5 Å². The number of nitrogens with zero attached hydrogens (tertiary/aromatic N) is 2. The van der Waals surface area contributed by atoms with Gasteiger partial charge in [0.25, 0.3) is 0 Å². The van der Waals surface area contributed by atoms with Gasteiger partial charge in [0.15, 0.2) is 5.82 Å². The molecule has 0 aliphatic heterocycles. The maximum atomic E-state index is 13.7. The number of ether oxygens (including phenoxy) is 1. The third kappa shape index (κ3) is 2.40. The monoisotopic (exact) mass is 289 g/mol. The first-order chi connectivity index (χ1) is 10.1. The van der Waals surface area contributed by atoms with Crippen LogP contribution in [-0.2, 0) is 6.54 Å². The maximum Gasteiger partial charge on any atom is 0.201 e. The molecule has 1 heterocycles. The van der Waals surface area contributed by atoms with Crippen molar-refractivity contribution in [2.75, 3.05) is 12.8 Å².